The summed E-state index contributed by atoms with van der Waals surface area (Å²) in [6, 6.07) is 5.91. The van der Waals surface area contributed by atoms with Crippen molar-refractivity contribution in [2.45, 2.75) is 13.8 Å². The molecule has 0 aromatic carbocycles. The number of aryl methyl sites for hydroxylation is 1. The summed E-state index contributed by atoms with van der Waals surface area (Å²) in [6.07, 6.45) is 3.88. The van der Waals surface area contributed by atoms with Crippen LogP contribution >= 0.6 is 0 Å². The van der Waals surface area contributed by atoms with Crippen LogP contribution < -0.4 is 0 Å². The van der Waals surface area contributed by atoms with Crippen molar-refractivity contribution in [3.8, 4) is 0 Å². The summed E-state index contributed by atoms with van der Waals surface area (Å²) in [4.78, 5) is 11.1. The van der Waals surface area contributed by atoms with Crippen molar-refractivity contribution in [2.24, 2.45) is 0 Å². The van der Waals surface area contributed by atoms with Crippen molar-refractivity contribution < 1.29 is 4.79 Å². The van der Waals surface area contributed by atoms with Crippen LogP contribution in [-0.2, 0) is 0 Å². The average molecular weight is 173 g/mol. The maximum Gasteiger partial charge on any atom is 0.161 e. The first-order valence-electron chi connectivity index (χ1n) is 4.26. The number of carbonyl (C=O) groups is 1. The molecule has 0 N–H and O–H groups in total. The number of Topliss-reactive ketones (excluding diaryl/α,β-unsaturated/α-hetero) is 1. The Kier molecular flexibility index (Phi) is 1.69. The van der Waals surface area contributed by atoms with Crippen LogP contribution in [0.15, 0.2) is 30.6 Å². The Labute approximate surface area is 76.8 Å². The molecule has 2 aromatic heterocycles. The normalized spacial score (nSPS) is 10.6. The average Bonchev–Trinajstić information content (AvgIpc) is 2.42. The Morgan fingerprint density at radius 3 is 2.77 bits per heavy atom. The monoisotopic (exact) mass is 173 g/mol. The van der Waals surface area contributed by atoms with E-state index < -0.39 is 0 Å². The quantitative estimate of drug-likeness (QED) is 0.607. The summed E-state index contributed by atoms with van der Waals surface area (Å²) >= 11 is 0. The second-order valence-electron chi connectivity index (χ2n) is 3.32. The minimum Gasteiger partial charge on any atom is -0.323 e. The van der Waals surface area contributed by atoms with Gasteiger partial charge < -0.3 is 4.40 Å². The third-order valence-electron chi connectivity index (χ3n) is 2.13. The van der Waals surface area contributed by atoms with Gasteiger partial charge in [-0.05, 0) is 37.6 Å². The first kappa shape index (κ1) is 8.05. The highest BCUT2D eigenvalue weighted by Gasteiger charge is 2.00. The molecule has 2 heteroatoms. The fraction of sp³-hybridized carbons (Fsp3) is 0.182. The number of pyridine rings is 1. The standard InChI is InChI=1S/C11H11NO/c1-8-5-11-4-3-10(9(2)13)7-12(11)6-8/h3-7H,1-2H3. The Morgan fingerprint density at radius 1 is 1.31 bits per heavy atom. The highest BCUT2D eigenvalue weighted by Crippen LogP contribution is 2.11. The van der Waals surface area contributed by atoms with Gasteiger partial charge in [-0.15, -0.1) is 0 Å². The number of nitrogens with zero attached hydrogens (tertiary/aromatic N) is 1. The van der Waals surface area contributed by atoms with E-state index in [4.69, 9.17) is 0 Å². The second kappa shape index (κ2) is 2.73. The zero-order chi connectivity index (χ0) is 9.42. The number of aromatic nitrogens is 1. The third kappa shape index (κ3) is 1.35. The fourth-order valence-corrected chi connectivity index (χ4v) is 1.46. The van der Waals surface area contributed by atoms with E-state index in [-0.39, 0.29) is 5.78 Å². The highest BCUT2D eigenvalue weighted by atomic mass is 16.1. The van der Waals surface area contributed by atoms with Crippen molar-refractivity contribution in [3.05, 3.63) is 41.7 Å². The van der Waals surface area contributed by atoms with Crippen LogP contribution in [0.2, 0.25) is 0 Å². The zero-order valence-electron chi connectivity index (χ0n) is 7.74. The number of hydrogen-bond donors (Lipinski definition) is 0. The molecule has 0 fully saturated rings. The molecule has 66 valence electrons. The van der Waals surface area contributed by atoms with E-state index in [2.05, 4.69) is 6.07 Å². The number of ketones is 1. The van der Waals surface area contributed by atoms with Gasteiger partial charge in [0.25, 0.3) is 0 Å². The number of carbonyl (C=O) groups excluding carboxylic acids is 1. The summed E-state index contributed by atoms with van der Waals surface area (Å²) in [5, 5.41) is 0. The van der Waals surface area contributed by atoms with E-state index in [0.717, 1.165) is 11.1 Å². The maximum absolute atomic E-state index is 11.1. The lowest BCUT2D eigenvalue weighted by atomic mass is 10.2. The van der Waals surface area contributed by atoms with Gasteiger partial charge in [0.1, 0.15) is 0 Å². The molecule has 2 heterocycles. The number of rotatable bonds is 1. The van der Waals surface area contributed by atoms with Gasteiger partial charge in [0.05, 0.1) is 0 Å². The molecular formula is C11H11NO. The van der Waals surface area contributed by atoms with E-state index in [1.807, 2.05) is 35.9 Å². The lowest BCUT2D eigenvalue weighted by molar-refractivity contribution is 0.101. The molecule has 0 radical (unpaired) electrons. The SMILES string of the molecule is CC(=O)c1ccc2cc(C)cn2c1. The van der Waals surface area contributed by atoms with E-state index in [0.29, 0.717) is 0 Å². The van der Waals surface area contributed by atoms with E-state index in [1.165, 1.54) is 5.56 Å². The topological polar surface area (TPSA) is 21.5 Å². The zero-order valence-corrected chi connectivity index (χ0v) is 7.74. The predicted molar refractivity (Wildman–Crippen MR) is 52.1 cm³/mol. The summed E-state index contributed by atoms with van der Waals surface area (Å²) in [7, 11) is 0. The first-order valence-corrected chi connectivity index (χ1v) is 4.26. The van der Waals surface area contributed by atoms with Gasteiger partial charge in [0.15, 0.2) is 5.78 Å². The van der Waals surface area contributed by atoms with Crippen LogP contribution in [0.25, 0.3) is 5.52 Å². The summed E-state index contributed by atoms with van der Waals surface area (Å²) in [5.41, 5.74) is 3.09. The van der Waals surface area contributed by atoms with E-state index in [1.54, 1.807) is 6.92 Å². The van der Waals surface area contributed by atoms with Gasteiger partial charge in [-0.25, -0.2) is 0 Å². The molecule has 0 aliphatic carbocycles. The largest absolute Gasteiger partial charge is 0.323 e. The lowest BCUT2D eigenvalue weighted by Gasteiger charge is -1.97. The molecule has 0 bridgehead atoms. The summed E-state index contributed by atoms with van der Waals surface area (Å²) in [5.74, 6) is 0.105. The van der Waals surface area contributed by atoms with Crippen LogP contribution in [-0.4, -0.2) is 10.2 Å². The van der Waals surface area contributed by atoms with Crippen LogP contribution in [0.1, 0.15) is 22.8 Å². The van der Waals surface area contributed by atoms with Crippen LogP contribution in [0.4, 0.5) is 0 Å². The molecule has 2 rings (SSSR count). The lowest BCUT2D eigenvalue weighted by Crippen LogP contribution is -1.94. The molecule has 0 unspecified atom stereocenters. The minimum atomic E-state index is 0.105. The Balaban J connectivity index is 2.67. The van der Waals surface area contributed by atoms with Gasteiger partial charge >= 0.3 is 0 Å². The first-order chi connectivity index (χ1) is 6.16. The van der Waals surface area contributed by atoms with Crippen molar-refractivity contribution in [3.63, 3.8) is 0 Å². The molecule has 0 amide bonds. The number of hydrogen-bond acceptors (Lipinski definition) is 1. The van der Waals surface area contributed by atoms with Crippen molar-refractivity contribution in [2.75, 3.05) is 0 Å². The van der Waals surface area contributed by atoms with Gasteiger partial charge in [-0.1, -0.05) is 0 Å². The maximum atomic E-state index is 11.1. The summed E-state index contributed by atoms with van der Waals surface area (Å²) < 4.78 is 1.98. The molecule has 0 aliphatic rings. The molecule has 13 heavy (non-hydrogen) atoms. The van der Waals surface area contributed by atoms with Crippen LogP contribution in [0.3, 0.4) is 0 Å². The van der Waals surface area contributed by atoms with Gasteiger partial charge in [0.2, 0.25) is 0 Å². The van der Waals surface area contributed by atoms with Crippen molar-refractivity contribution in [1.29, 1.82) is 0 Å². The predicted octanol–water partition coefficient (Wildman–Crippen LogP) is 2.45. The Bertz CT molecular complexity index is 468. The van der Waals surface area contributed by atoms with Gasteiger partial charge in [0, 0.05) is 23.5 Å². The highest BCUT2D eigenvalue weighted by molar-refractivity contribution is 5.94. The van der Waals surface area contributed by atoms with Crippen LogP contribution in [0, 0.1) is 6.92 Å². The fourth-order valence-electron chi connectivity index (χ4n) is 1.46. The molecule has 2 nitrogen and oxygen atoms in total. The molecule has 0 saturated carbocycles. The Hall–Kier alpha value is -1.57. The third-order valence-corrected chi connectivity index (χ3v) is 2.13. The Morgan fingerprint density at radius 2 is 2.08 bits per heavy atom. The molecule has 0 atom stereocenters. The molecule has 0 spiro atoms. The second-order valence-corrected chi connectivity index (χ2v) is 3.32. The van der Waals surface area contributed by atoms with Crippen molar-refractivity contribution >= 4 is 11.3 Å². The summed E-state index contributed by atoms with van der Waals surface area (Å²) in [6.45, 7) is 3.62. The van der Waals surface area contributed by atoms with Crippen molar-refractivity contribution in [1.82, 2.24) is 4.40 Å². The number of fused-ring (bicyclic) bond motifs is 1. The van der Waals surface area contributed by atoms with Gasteiger partial charge in [-0.2, -0.15) is 0 Å². The minimum absolute atomic E-state index is 0.105. The van der Waals surface area contributed by atoms with Crippen LogP contribution in [0.5, 0.6) is 0 Å². The molecule has 2 aromatic rings. The van der Waals surface area contributed by atoms with E-state index >= 15 is 0 Å². The molecule has 0 aliphatic heterocycles. The van der Waals surface area contributed by atoms with Gasteiger partial charge in [-0.3, -0.25) is 4.79 Å². The molecule has 0 saturated heterocycles. The smallest absolute Gasteiger partial charge is 0.161 e. The van der Waals surface area contributed by atoms with E-state index in [9.17, 15) is 4.79 Å². The molecular weight excluding hydrogens is 162 g/mol.